The van der Waals surface area contributed by atoms with Gasteiger partial charge in [-0.1, -0.05) is 23.9 Å². The third-order valence-corrected chi connectivity index (χ3v) is 0.785. The molecule has 0 radical (unpaired) electrons. The first kappa shape index (κ1) is 5.70. The van der Waals surface area contributed by atoms with Gasteiger partial charge in [0.15, 0.2) is 0 Å². The van der Waals surface area contributed by atoms with Gasteiger partial charge in [0.05, 0.1) is 0 Å². The Morgan fingerprint density at radius 3 is 2.33 bits per heavy atom. The Morgan fingerprint density at radius 2 is 2.33 bits per heavy atom. The SMILES string of the molecule is C=CC=C(C)[SiH3]. The van der Waals surface area contributed by atoms with Crippen LogP contribution in [0, 0.1) is 0 Å². The van der Waals surface area contributed by atoms with Crippen LogP contribution in [-0.4, -0.2) is 10.2 Å². The second-order valence-electron chi connectivity index (χ2n) is 1.48. The largest absolute Gasteiger partial charge is 0.0991 e. The molecule has 0 aliphatic heterocycles. The van der Waals surface area contributed by atoms with Crippen molar-refractivity contribution in [1.82, 2.24) is 0 Å². The average molecular weight is 98.2 g/mol. The molecule has 0 amide bonds. The zero-order valence-corrected chi connectivity index (χ0v) is 6.36. The number of hydrogen-bond donors (Lipinski definition) is 0. The van der Waals surface area contributed by atoms with E-state index < -0.39 is 0 Å². The third kappa shape index (κ3) is 3.70. The molecule has 0 unspecified atom stereocenters. The van der Waals surface area contributed by atoms with E-state index in [-0.39, 0.29) is 0 Å². The van der Waals surface area contributed by atoms with Gasteiger partial charge in [-0.15, -0.1) is 0 Å². The summed E-state index contributed by atoms with van der Waals surface area (Å²) in [5, 5.41) is 1.44. The van der Waals surface area contributed by atoms with Crippen LogP contribution in [0.4, 0.5) is 0 Å². The van der Waals surface area contributed by atoms with Gasteiger partial charge in [0, 0.05) is 10.2 Å². The molecule has 0 saturated heterocycles. The van der Waals surface area contributed by atoms with E-state index in [0.29, 0.717) is 0 Å². The van der Waals surface area contributed by atoms with Crippen molar-refractivity contribution in [2.45, 2.75) is 6.92 Å². The van der Waals surface area contributed by atoms with Crippen molar-refractivity contribution in [2.75, 3.05) is 0 Å². The first-order valence-electron chi connectivity index (χ1n) is 2.03. The second-order valence-corrected chi connectivity index (χ2v) is 3.06. The van der Waals surface area contributed by atoms with Crippen molar-refractivity contribution in [3.63, 3.8) is 0 Å². The summed E-state index contributed by atoms with van der Waals surface area (Å²) in [7, 11) is 1.17. The van der Waals surface area contributed by atoms with Crippen molar-refractivity contribution >= 4 is 10.2 Å². The summed E-state index contributed by atoms with van der Waals surface area (Å²) in [6.07, 6.45) is 3.86. The van der Waals surface area contributed by atoms with Gasteiger partial charge in [-0.25, -0.2) is 0 Å². The van der Waals surface area contributed by atoms with E-state index in [9.17, 15) is 0 Å². The van der Waals surface area contributed by atoms with Crippen LogP contribution in [0.5, 0.6) is 0 Å². The summed E-state index contributed by atoms with van der Waals surface area (Å²) in [5.74, 6) is 0. The maximum absolute atomic E-state index is 3.55. The number of hydrogen-bond acceptors (Lipinski definition) is 0. The fraction of sp³-hybridized carbons (Fsp3) is 0.200. The Balaban J connectivity index is 3.41. The normalized spacial score (nSPS) is 11.8. The standard InChI is InChI=1S/C5H10Si/c1-3-4-5(2)6/h3-4H,1H2,2,6H3. The van der Waals surface area contributed by atoms with E-state index >= 15 is 0 Å². The highest BCUT2D eigenvalue weighted by Gasteiger charge is 1.63. The predicted molar refractivity (Wildman–Crippen MR) is 33.9 cm³/mol. The van der Waals surface area contributed by atoms with E-state index in [1.807, 2.05) is 12.2 Å². The van der Waals surface area contributed by atoms with Crippen LogP contribution in [0.3, 0.4) is 0 Å². The molecule has 0 N–H and O–H groups in total. The lowest BCUT2D eigenvalue weighted by Crippen LogP contribution is -1.64. The highest BCUT2D eigenvalue weighted by molar-refractivity contribution is 6.21. The fourth-order valence-corrected chi connectivity index (χ4v) is 0.471. The van der Waals surface area contributed by atoms with Gasteiger partial charge < -0.3 is 0 Å². The van der Waals surface area contributed by atoms with Crippen molar-refractivity contribution in [3.8, 4) is 0 Å². The van der Waals surface area contributed by atoms with Crippen LogP contribution in [0.1, 0.15) is 6.92 Å². The summed E-state index contributed by atoms with van der Waals surface area (Å²) >= 11 is 0. The van der Waals surface area contributed by atoms with E-state index in [1.165, 1.54) is 15.4 Å². The van der Waals surface area contributed by atoms with Crippen molar-refractivity contribution in [1.29, 1.82) is 0 Å². The smallest absolute Gasteiger partial charge is 0.0329 e. The molecule has 0 aromatic heterocycles. The molecule has 0 bridgehead atoms. The van der Waals surface area contributed by atoms with Crippen LogP contribution in [-0.2, 0) is 0 Å². The van der Waals surface area contributed by atoms with Crippen LogP contribution >= 0.6 is 0 Å². The molecule has 0 aromatic rings. The molecule has 0 aliphatic carbocycles. The molecule has 0 spiro atoms. The van der Waals surface area contributed by atoms with Gasteiger partial charge >= 0.3 is 0 Å². The lowest BCUT2D eigenvalue weighted by Gasteiger charge is -1.76. The Labute approximate surface area is 42.0 Å². The minimum atomic E-state index is 1.17. The van der Waals surface area contributed by atoms with Gasteiger partial charge in [0.25, 0.3) is 0 Å². The van der Waals surface area contributed by atoms with Gasteiger partial charge in [-0.2, -0.15) is 0 Å². The number of allylic oxidation sites excluding steroid dienone is 3. The molecule has 0 aliphatic rings. The van der Waals surface area contributed by atoms with Gasteiger partial charge in [0.2, 0.25) is 0 Å². The molecule has 34 valence electrons. The Kier molecular flexibility index (Phi) is 2.76. The minimum Gasteiger partial charge on any atom is -0.0991 e. The summed E-state index contributed by atoms with van der Waals surface area (Å²) in [4.78, 5) is 0. The minimum absolute atomic E-state index is 1.17. The predicted octanol–water partition coefficient (Wildman–Crippen LogP) is 0.442. The van der Waals surface area contributed by atoms with E-state index in [1.54, 1.807) is 0 Å². The van der Waals surface area contributed by atoms with Crippen molar-refractivity contribution < 1.29 is 0 Å². The Hall–Kier alpha value is -0.303. The zero-order chi connectivity index (χ0) is 4.99. The molecular weight excluding hydrogens is 88.1 g/mol. The highest BCUT2D eigenvalue weighted by Crippen LogP contribution is 1.79. The summed E-state index contributed by atoms with van der Waals surface area (Å²) in [6, 6.07) is 0. The maximum Gasteiger partial charge on any atom is 0.0329 e. The van der Waals surface area contributed by atoms with Crippen LogP contribution in [0.15, 0.2) is 23.9 Å². The quantitative estimate of drug-likeness (QED) is 0.330. The lowest BCUT2D eigenvalue weighted by molar-refractivity contribution is 1.67. The first-order chi connectivity index (χ1) is 2.77. The highest BCUT2D eigenvalue weighted by atomic mass is 28.1. The first-order valence-corrected chi connectivity index (χ1v) is 3.03. The summed E-state index contributed by atoms with van der Waals surface area (Å²) in [6.45, 7) is 5.65. The van der Waals surface area contributed by atoms with Crippen LogP contribution < -0.4 is 0 Å². The van der Waals surface area contributed by atoms with Crippen LogP contribution in [0.2, 0.25) is 0 Å². The van der Waals surface area contributed by atoms with E-state index in [2.05, 4.69) is 13.5 Å². The Bertz CT molecular complexity index is 68.0. The molecule has 0 saturated carbocycles. The molecule has 0 aromatic carbocycles. The van der Waals surface area contributed by atoms with Gasteiger partial charge in [-0.3, -0.25) is 0 Å². The topological polar surface area (TPSA) is 0 Å². The van der Waals surface area contributed by atoms with Crippen molar-refractivity contribution in [2.24, 2.45) is 0 Å². The monoisotopic (exact) mass is 98.1 g/mol. The molecule has 0 heterocycles. The number of rotatable bonds is 1. The molecular formula is C5H10Si. The molecule has 1 heteroatoms. The maximum atomic E-state index is 3.55. The zero-order valence-electron chi connectivity index (χ0n) is 4.36. The van der Waals surface area contributed by atoms with E-state index in [0.717, 1.165) is 0 Å². The Morgan fingerprint density at radius 1 is 1.83 bits per heavy atom. The summed E-state index contributed by atoms with van der Waals surface area (Å²) < 4.78 is 0. The summed E-state index contributed by atoms with van der Waals surface area (Å²) in [5.41, 5.74) is 0. The molecule has 6 heavy (non-hydrogen) atoms. The van der Waals surface area contributed by atoms with Gasteiger partial charge in [0.1, 0.15) is 0 Å². The van der Waals surface area contributed by atoms with E-state index in [4.69, 9.17) is 0 Å². The van der Waals surface area contributed by atoms with Gasteiger partial charge in [-0.05, 0) is 6.92 Å². The lowest BCUT2D eigenvalue weighted by atomic mass is 10.5. The van der Waals surface area contributed by atoms with Crippen LogP contribution in [0.25, 0.3) is 0 Å². The molecule has 0 rings (SSSR count). The fourth-order valence-electron chi connectivity index (χ4n) is 0.236. The third-order valence-electron chi connectivity index (χ3n) is 0.451. The van der Waals surface area contributed by atoms with Crippen molar-refractivity contribution in [3.05, 3.63) is 23.9 Å². The molecule has 0 atom stereocenters. The second kappa shape index (κ2) is 2.91. The average Bonchev–Trinajstić information content (AvgIpc) is 1.35. The molecule has 0 nitrogen and oxygen atoms in total. The molecule has 0 fully saturated rings.